The molecule has 4 heteroatoms. The third-order valence-corrected chi connectivity index (χ3v) is 4.15. The summed E-state index contributed by atoms with van der Waals surface area (Å²) < 4.78 is 0. The molecule has 1 aliphatic rings. The van der Waals surface area contributed by atoms with E-state index in [1.165, 1.54) is 0 Å². The van der Waals surface area contributed by atoms with Gasteiger partial charge in [0.2, 0.25) is 0 Å². The highest BCUT2D eigenvalue weighted by atomic mass is 32.1. The smallest absolute Gasteiger partial charge is 0.0998 e. The average molecular weight is 246 g/mol. The fourth-order valence-corrected chi connectivity index (χ4v) is 2.87. The Balaban J connectivity index is 1.79. The van der Waals surface area contributed by atoms with Crippen LogP contribution in [-0.2, 0) is 6.42 Å². The first-order chi connectivity index (χ1) is 8.31. The van der Waals surface area contributed by atoms with Crippen LogP contribution >= 0.6 is 11.3 Å². The molecule has 88 valence electrons. The summed E-state index contributed by atoms with van der Waals surface area (Å²) in [5.74, 6) is 0. The molecule has 0 atom stereocenters. The largest absolute Gasteiger partial charge is 0.396 e. The van der Waals surface area contributed by atoms with E-state index in [0.29, 0.717) is 0 Å². The Morgan fingerprint density at radius 1 is 1.29 bits per heavy atom. The standard InChI is InChI=1S/C13H14N2OS/c16-9-13(4-5-13)7-12-15-11(8-17-12)10-3-1-2-6-14-10/h1-3,6,8,16H,4-5,7,9H2. The van der Waals surface area contributed by atoms with E-state index in [1.54, 1.807) is 17.5 Å². The number of hydrogen-bond acceptors (Lipinski definition) is 4. The van der Waals surface area contributed by atoms with Crippen LogP contribution in [0.25, 0.3) is 11.4 Å². The molecule has 0 spiro atoms. The SMILES string of the molecule is OCC1(Cc2nc(-c3ccccn3)cs2)CC1. The van der Waals surface area contributed by atoms with Crippen molar-refractivity contribution in [3.63, 3.8) is 0 Å². The van der Waals surface area contributed by atoms with Gasteiger partial charge in [0.1, 0.15) is 0 Å². The molecule has 17 heavy (non-hydrogen) atoms. The van der Waals surface area contributed by atoms with Crippen LogP contribution in [0.2, 0.25) is 0 Å². The number of nitrogens with zero attached hydrogens (tertiary/aromatic N) is 2. The van der Waals surface area contributed by atoms with Crippen molar-refractivity contribution in [3.05, 3.63) is 34.8 Å². The lowest BCUT2D eigenvalue weighted by Crippen LogP contribution is -2.09. The topological polar surface area (TPSA) is 46.0 Å². The second-order valence-electron chi connectivity index (χ2n) is 4.68. The van der Waals surface area contributed by atoms with Crippen molar-refractivity contribution in [2.45, 2.75) is 19.3 Å². The Bertz CT molecular complexity index is 505. The molecule has 0 radical (unpaired) electrons. The van der Waals surface area contributed by atoms with Gasteiger partial charge >= 0.3 is 0 Å². The van der Waals surface area contributed by atoms with Crippen LogP contribution in [0.5, 0.6) is 0 Å². The molecule has 2 aromatic heterocycles. The van der Waals surface area contributed by atoms with Gasteiger partial charge in [0, 0.05) is 24.6 Å². The summed E-state index contributed by atoms with van der Waals surface area (Å²) in [6.45, 7) is 0.283. The van der Waals surface area contributed by atoms with Crippen LogP contribution in [0, 0.1) is 5.41 Å². The van der Waals surface area contributed by atoms with E-state index in [9.17, 15) is 5.11 Å². The van der Waals surface area contributed by atoms with E-state index in [1.807, 2.05) is 23.6 Å². The Labute approximate surface area is 104 Å². The highest BCUT2D eigenvalue weighted by molar-refractivity contribution is 7.09. The van der Waals surface area contributed by atoms with Gasteiger partial charge in [0.05, 0.1) is 16.4 Å². The zero-order chi connectivity index (χ0) is 11.7. The van der Waals surface area contributed by atoms with Crippen LogP contribution in [0.1, 0.15) is 17.8 Å². The predicted octanol–water partition coefficient (Wildman–Crippen LogP) is 2.52. The van der Waals surface area contributed by atoms with Crippen LogP contribution in [0.4, 0.5) is 0 Å². The van der Waals surface area contributed by atoms with E-state index in [0.717, 1.165) is 35.7 Å². The van der Waals surface area contributed by atoms with Crippen LogP contribution in [-0.4, -0.2) is 21.7 Å². The number of aliphatic hydroxyl groups is 1. The van der Waals surface area contributed by atoms with E-state index in [4.69, 9.17) is 0 Å². The monoisotopic (exact) mass is 246 g/mol. The van der Waals surface area contributed by atoms with Gasteiger partial charge in [-0.1, -0.05) is 6.07 Å². The molecule has 0 bridgehead atoms. The van der Waals surface area contributed by atoms with Crippen molar-refractivity contribution in [2.75, 3.05) is 6.61 Å². The summed E-state index contributed by atoms with van der Waals surface area (Å²) in [5.41, 5.74) is 2.00. The first-order valence-corrected chi connectivity index (χ1v) is 6.66. The maximum Gasteiger partial charge on any atom is 0.0998 e. The zero-order valence-electron chi connectivity index (χ0n) is 9.47. The van der Waals surface area contributed by atoms with Gasteiger partial charge in [0.15, 0.2) is 0 Å². The maximum atomic E-state index is 9.31. The first-order valence-electron chi connectivity index (χ1n) is 5.78. The highest BCUT2D eigenvalue weighted by Crippen LogP contribution is 2.48. The predicted molar refractivity (Wildman–Crippen MR) is 67.8 cm³/mol. The fourth-order valence-electron chi connectivity index (χ4n) is 1.91. The van der Waals surface area contributed by atoms with Crippen molar-refractivity contribution >= 4 is 11.3 Å². The van der Waals surface area contributed by atoms with Gasteiger partial charge in [-0.15, -0.1) is 11.3 Å². The van der Waals surface area contributed by atoms with E-state index >= 15 is 0 Å². The highest BCUT2D eigenvalue weighted by Gasteiger charge is 2.42. The zero-order valence-corrected chi connectivity index (χ0v) is 10.3. The second-order valence-corrected chi connectivity index (χ2v) is 5.62. The fraction of sp³-hybridized carbons (Fsp3) is 0.385. The molecule has 1 aliphatic carbocycles. The van der Waals surface area contributed by atoms with E-state index in [-0.39, 0.29) is 12.0 Å². The van der Waals surface area contributed by atoms with Gasteiger partial charge < -0.3 is 5.11 Å². The molecule has 0 aliphatic heterocycles. The van der Waals surface area contributed by atoms with Crippen molar-refractivity contribution < 1.29 is 5.11 Å². The molecule has 2 aromatic rings. The lowest BCUT2D eigenvalue weighted by Gasteiger charge is -2.07. The molecule has 0 saturated heterocycles. The van der Waals surface area contributed by atoms with Crippen molar-refractivity contribution in [2.24, 2.45) is 5.41 Å². The second kappa shape index (κ2) is 4.20. The number of thiazole rings is 1. The van der Waals surface area contributed by atoms with Crippen molar-refractivity contribution in [3.8, 4) is 11.4 Å². The van der Waals surface area contributed by atoms with Gasteiger partial charge in [-0.2, -0.15) is 0 Å². The number of aliphatic hydroxyl groups excluding tert-OH is 1. The molecule has 0 unspecified atom stereocenters. The minimum Gasteiger partial charge on any atom is -0.396 e. The number of rotatable bonds is 4. The molecule has 0 amide bonds. The molecule has 3 rings (SSSR count). The minimum absolute atomic E-state index is 0.138. The minimum atomic E-state index is 0.138. The maximum absolute atomic E-state index is 9.31. The van der Waals surface area contributed by atoms with Crippen molar-refractivity contribution in [1.29, 1.82) is 0 Å². The Hall–Kier alpha value is -1.26. The summed E-state index contributed by atoms with van der Waals surface area (Å²) in [6.07, 6.45) is 4.94. The lowest BCUT2D eigenvalue weighted by molar-refractivity contribution is 0.211. The normalized spacial score (nSPS) is 17.0. The Kier molecular flexibility index (Phi) is 2.68. The van der Waals surface area contributed by atoms with Gasteiger partial charge in [0.25, 0.3) is 0 Å². The van der Waals surface area contributed by atoms with E-state index < -0.39 is 0 Å². The summed E-state index contributed by atoms with van der Waals surface area (Å²) in [5, 5.41) is 12.5. The average Bonchev–Trinajstić information content (AvgIpc) is 3.00. The lowest BCUT2D eigenvalue weighted by atomic mass is 10.1. The van der Waals surface area contributed by atoms with Gasteiger partial charge in [-0.25, -0.2) is 4.98 Å². The molecule has 1 N–H and O–H groups in total. The third-order valence-electron chi connectivity index (χ3n) is 3.30. The summed E-state index contributed by atoms with van der Waals surface area (Å²) in [6, 6.07) is 5.84. The molecular formula is C13H14N2OS. The molecule has 3 nitrogen and oxygen atoms in total. The van der Waals surface area contributed by atoms with Gasteiger partial charge in [-0.3, -0.25) is 4.98 Å². The summed E-state index contributed by atoms with van der Waals surface area (Å²) in [4.78, 5) is 8.89. The quantitative estimate of drug-likeness (QED) is 0.901. The number of pyridine rings is 1. The van der Waals surface area contributed by atoms with Crippen LogP contribution < -0.4 is 0 Å². The summed E-state index contributed by atoms with van der Waals surface area (Å²) >= 11 is 1.66. The molecule has 0 aromatic carbocycles. The first kappa shape index (κ1) is 10.9. The molecular weight excluding hydrogens is 232 g/mol. The van der Waals surface area contributed by atoms with Gasteiger partial charge in [-0.05, 0) is 30.4 Å². The van der Waals surface area contributed by atoms with E-state index in [2.05, 4.69) is 9.97 Å². The van der Waals surface area contributed by atoms with Crippen molar-refractivity contribution in [1.82, 2.24) is 9.97 Å². The number of aromatic nitrogens is 2. The molecule has 1 fully saturated rings. The van der Waals surface area contributed by atoms with Crippen LogP contribution in [0.15, 0.2) is 29.8 Å². The van der Waals surface area contributed by atoms with Crippen LogP contribution in [0.3, 0.4) is 0 Å². The molecule has 1 saturated carbocycles. The third kappa shape index (κ3) is 2.23. The molecule has 2 heterocycles. The Morgan fingerprint density at radius 3 is 2.82 bits per heavy atom. The number of hydrogen-bond donors (Lipinski definition) is 1. The summed E-state index contributed by atoms with van der Waals surface area (Å²) in [7, 11) is 0. The Morgan fingerprint density at radius 2 is 2.18 bits per heavy atom.